The highest BCUT2D eigenvalue weighted by Crippen LogP contribution is 2.46. The van der Waals surface area contributed by atoms with Crippen LogP contribution in [0.2, 0.25) is 0 Å². The van der Waals surface area contributed by atoms with E-state index in [4.69, 9.17) is 4.74 Å². The summed E-state index contributed by atoms with van der Waals surface area (Å²) >= 11 is 0. The molecule has 27 heavy (non-hydrogen) atoms. The quantitative estimate of drug-likeness (QED) is 0.769. The van der Waals surface area contributed by atoms with Crippen LogP contribution in [0.15, 0.2) is 30.3 Å². The first kappa shape index (κ1) is 20.1. The Morgan fingerprint density at radius 1 is 1.19 bits per heavy atom. The maximum absolute atomic E-state index is 13.0. The summed E-state index contributed by atoms with van der Waals surface area (Å²) in [5.41, 5.74) is -0.131. The topological polar surface area (TPSA) is 66.9 Å². The lowest BCUT2D eigenvalue weighted by molar-refractivity contribution is -0.154. The van der Waals surface area contributed by atoms with Crippen molar-refractivity contribution in [3.05, 3.63) is 30.3 Å². The van der Waals surface area contributed by atoms with Crippen molar-refractivity contribution in [3.8, 4) is 5.75 Å². The molecule has 1 saturated heterocycles. The van der Waals surface area contributed by atoms with E-state index in [1.807, 2.05) is 42.3 Å². The first-order valence-electron chi connectivity index (χ1n) is 9.54. The Hall–Kier alpha value is -1.60. The monoisotopic (exact) mass is 394 g/mol. The average Bonchev–Trinajstić information content (AvgIpc) is 2.64. The summed E-state index contributed by atoms with van der Waals surface area (Å²) in [6, 6.07) is 9.91. The van der Waals surface area contributed by atoms with Gasteiger partial charge in [-0.3, -0.25) is 4.79 Å². The standard InChI is InChI=1S/C20H30N2O4S/c1-20(2)17(14-18(20)26-16-8-6-5-7-9-16)21(3)19(23)15-10-12-22(13-11-15)27(4,24)25/h5-9,15,17-18H,10-14H2,1-4H3. The third-order valence-corrected chi connectivity index (χ3v) is 7.54. The molecule has 1 aromatic carbocycles. The largest absolute Gasteiger partial charge is 0.490 e. The summed E-state index contributed by atoms with van der Waals surface area (Å²) in [6.07, 6.45) is 3.30. The van der Waals surface area contributed by atoms with Crippen LogP contribution >= 0.6 is 0 Å². The van der Waals surface area contributed by atoms with Gasteiger partial charge in [0.1, 0.15) is 11.9 Å². The zero-order valence-corrected chi connectivity index (χ0v) is 17.4. The van der Waals surface area contributed by atoms with E-state index in [1.165, 1.54) is 10.6 Å². The van der Waals surface area contributed by atoms with Gasteiger partial charge in [-0.25, -0.2) is 12.7 Å². The third kappa shape index (κ3) is 4.14. The highest BCUT2D eigenvalue weighted by Gasteiger charge is 2.53. The molecular formula is C20H30N2O4S. The van der Waals surface area contributed by atoms with Crippen molar-refractivity contribution in [3.63, 3.8) is 0 Å². The van der Waals surface area contributed by atoms with E-state index in [9.17, 15) is 13.2 Å². The van der Waals surface area contributed by atoms with Crippen molar-refractivity contribution in [2.45, 2.75) is 45.3 Å². The third-order valence-electron chi connectivity index (χ3n) is 6.23. The molecule has 0 radical (unpaired) electrons. The lowest BCUT2D eigenvalue weighted by Crippen LogP contribution is -2.64. The van der Waals surface area contributed by atoms with Crippen molar-refractivity contribution >= 4 is 15.9 Å². The van der Waals surface area contributed by atoms with Crippen molar-refractivity contribution in [2.75, 3.05) is 26.4 Å². The van der Waals surface area contributed by atoms with Crippen LogP contribution in [-0.2, 0) is 14.8 Å². The van der Waals surface area contributed by atoms with Crippen molar-refractivity contribution < 1.29 is 17.9 Å². The molecule has 0 aromatic heterocycles. The second kappa shape index (κ2) is 7.43. The van der Waals surface area contributed by atoms with Crippen molar-refractivity contribution in [1.29, 1.82) is 0 Å². The Kier molecular flexibility index (Phi) is 5.54. The molecule has 1 amide bonds. The SMILES string of the molecule is CN(C(=O)C1CCN(S(C)(=O)=O)CC1)C1CC(Oc2ccccc2)C1(C)C. The average molecular weight is 395 g/mol. The summed E-state index contributed by atoms with van der Waals surface area (Å²) < 4.78 is 30.9. The van der Waals surface area contributed by atoms with Crippen LogP contribution in [-0.4, -0.2) is 62.1 Å². The molecule has 3 rings (SSSR count). The van der Waals surface area contributed by atoms with E-state index in [0.717, 1.165) is 12.2 Å². The minimum atomic E-state index is -3.17. The second-order valence-electron chi connectivity index (χ2n) is 8.38. The molecule has 1 aliphatic heterocycles. The first-order valence-corrected chi connectivity index (χ1v) is 11.4. The van der Waals surface area contributed by atoms with Gasteiger partial charge in [0.05, 0.1) is 6.26 Å². The van der Waals surface area contributed by atoms with Gasteiger partial charge in [-0.2, -0.15) is 0 Å². The maximum atomic E-state index is 13.0. The van der Waals surface area contributed by atoms with Gasteiger partial charge in [-0.15, -0.1) is 0 Å². The van der Waals surface area contributed by atoms with Gasteiger partial charge in [-0.1, -0.05) is 32.0 Å². The molecule has 2 unspecified atom stereocenters. The first-order chi connectivity index (χ1) is 12.6. The Labute approximate surface area is 162 Å². The number of rotatable bonds is 5. The number of nitrogens with zero attached hydrogens (tertiary/aromatic N) is 2. The van der Waals surface area contributed by atoms with Gasteiger partial charge in [0.15, 0.2) is 0 Å². The Morgan fingerprint density at radius 3 is 2.30 bits per heavy atom. The second-order valence-corrected chi connectivity index (χ2v) is 10.4. The normalized spacial score (nSPS) is 26.2. The number of para-hydroxylation sites is 1. The van der Waals surface area contributed by atoms with Crippen LogP contribution in [0.5, 0.6) is 5.75 Å². The number of ether oxygens (including phenoxy) is 1. The number of carbonyl (C=O) groups excluding carboxylic acids is 1. The molecule has 7 heteroatoms. The Bertz CT molecular complexity index is 770. The zero-order chi connectivity index (χ0) is 19.8. The van der Waals surface area contributed by atoms with Gasteiger partial charge >= 0.3 is 0 Å². The number of amides is 1. The molecule has 2 aliphatic rings. The van der Waals surface area contributed by atoms with Gasteiger partial charge in [0, 0.05) is 43.9 Å². The van der Waals surface area contributed by atoms with E-state index in [-0.39, 0.29) is 29.4 Å². The number of piperidine rings is 1. The maximum Gasteiger partial charge on any atom is 0.225 e. The molecule has 0 bridgehead atoms. The van der Waals surface area contributed by atoms with Crippen molar-refractivity contribution in [2.24, 2.45) is 11.3 Å². The van der Waals surface area contributed by atoms with Crippen LogP contribution in [0.4, 0.5) is 0 Å². The van der Waals surface area contributed by atoms with Crippen LogP contribution in [0.1, 0.15) is 33.1 Å². The van der Waals surface area contributed by atoms with Crippen LogP contribution < -0.4 is 4.74 Å². The van der Waals surface area contributed by atoms with E-state index in [1.54, 1.807) is 0 Å². The van der Waals surface area contributed by atoms with E-state index in [0.29, 0.717) is 25.9 Å². The minimum absolute atomic E-state index is 0.0761. The molecule has 1 saturated carbocycles. The number of sulfonamides is 1. The van der Waals surface area contributed by atoms with Gasteiger partial charge in [0.25, 0.3) is 0 Å². The minimum Gasteiger partial charge on any atom is -0.490 e. The van der Waals surface area contributed by atoms with E-state index in [2.05, 4.69) is 13.8 Å². The highest BCUT2D eigenvalue weighted by atomic mass is 32.2. The van der Waals surface area contributed by atoms with Gasteiger partial charge < -0.3 is 9.64 Å². The summed E-state index contributed by atoms with van der Waals surface area (Å²) in [6.45, 7) is 5.14. The predicted octanol–water partition coefficient (Wildman–Crippen LogP) is 2.36. The van der Waals surface area contributed by atoms with E-state index >= 15 is 0 Å². The number of carbonyl (C=O) groups is 1. The van der Waals surface area contributed by atoms with Crippen molar-refractivity contribution in [1.82, 2.24) is 9.21 Å². The lowest BCUT2D eigenvalue weighted by atomic mass is 9.63. The lowest BCUT2D eigenvalue weighted by Gasteiger charge is -2.55. The Morgan fingerprint density at radius 2 is 1.78 bits per heavy atom. The van der Waals surface area contributed by atoms with E-state index < -0.39 is 10.0 Å². The number of hydrogen-bond donors (Lipinski definition) is 0. The fraction of sp³-hybridized carbons (Fsp3) is 0.650. The van der Waals surface area contributed by atoms with Crippen LogP contribution in [0, 0.1) is 11.3 Å². The van der Waals surface area contributed by atoms with Crippen LogP contribution in [0.3, 0.4) is 0 Å². The summed E-state index contributed by atoms with van der Waals surface area (Å²) in [7, 11) is -1.30. The molecule has 150 valence electrons. The molecule has 1 heterocycles. The fourth-order valence-corrected chi connectivity index (χ4v) is 5.13. The number of hydrogen-bond acceptors (Lipinski definition) is 4. The highest BCUT2D eigenvalue weighted by molar-refractivity contribution is 7.88. The molecule has 1 aliphatic carbocycles. The van der Waals surface area contributed by atoms with Gasteiger partial charge in [0.2, 0.25) is 15.9 Å². The predicted molar refractivity (Wildman–Crippen MR) is 105 cm³/mol. The molecular weight excluding hydrogens is 364 g/mol. The molecule has 2 fully saturated rings. The molecule has 2 atom stereocenters. The smallest absolute Gasteiger partial charge is 0.225 e. The molecule has 0 spiro atoms. The molecule has 1 aromatic rings. The zero-order valence-electron chi connectivity index (χ0n) is 16.6. The van der Waals surface area contributed by atoms with Gasteiger partial charge in [-0.05, 0) is 25.0 Å². The summed E-state index contributed by atoms with van der Waals surface area (Å²) in [5, 5.41) is 0. The summed E-state index contributed by atoms with van der Waals surface area (Å²) in [5.74, 6) is 0.883. The summed E-state index contributed by atoms with van der Waals surface area (Å²) in [4.78, 5) is 14.8. The fourth-order valence-electron chi connectivity index (χ4n) is 4.26. The number of benzene rings is 1. The Balaban J connectivity index is 1.57. The molecule has 0 N–H and O–H groups in total. The van der Waals surface area contributed by atoms with Crippen LogP contribution in [0.25, 0.3) is 0 Å². The molecule has 6 nitrogen and oxygen atoms in total.